The first-order valence-corrected chi connectivity index (χ1v) is 5.63. The Labute approximate surface area is 112 Å². The predicted octanol–water partition coefficient (Wildman–Crippen LogP) is 0.0523. The SMILES string of the molecule is CNC(=O)C1=CC=C2CNCN2C1.O=C(O)C(F)(F)F. The Hall–Kier alpha value is -2.03. The van der Waals surface area contributed by atoms with Crippen LogP contribution in [0.2, 0.25) is 0 Å². The zero-order valence-electron chi connectivity index (χ0n) is 10.6. The van der Waals surface area contributed by atoms with Crippen LogP contribution in [0.25, 0.3) is 0 Å². The van der Waals surface area contributed by atoms with Gasteiger partial charge in [-0.15, -0.1) is 0 Å². The van der Waals surface area contributed by atoms with E-state index < -0.39 is 12.1 Å². The number of nitrogens with zero attached hydrogens (tertiary/aromatic N) is 1. The third kappa shape index (κ3) is 4.26. The molecule has 0 saturated carbocycles. The molecule has 6 nitrogen and oxygen atoms in total. The van der Waals surface area contributed by atoms with Crippen LogP contribution in [0.1, 0.15) is 0 Å². The van der Waals surface area contributed by atoms with E-state index in [4.69, 9.17) is 9.90 Å². The molecule has 2 aliphatic heterocycles. The lowest BCUT2D eigenvalue weighted by molar-refractivity contribution is -0.192. The van der Waals surface area contributed by atoms with Crippen molar-refractivity contribution in [2.45, 2.75) is 6.18 Å². The van der Waals surface area contributed by atoms with Gasteiger partial charge in [0.15, 0.2) is 0 Å². The Morgan fingerprint density at radius 3 is 2.50 bits per heavy atom. The summed E-state index contributed by atoms with van der Waals surface area (Å²) in [6.45, 7) is 2.48. The van der Waals surface area contributed by atoms with Gasteiger partial charge in [0.1, 0.15) is 0 Å². The van der Waals surface area contributed by atoms with Crippen molar-refractivity contribution < 1.29 is 27.9 Å². The number of rotatable bonds is 1. The van der Waals surface area contributed by atoms with E-state index in [-0.39, 0.29) is 5.91 Å². The van der Waals surface area contributed by atoms with Gasteiger partial charge in [0.05, 0.1) is 6.67 Å². The highest BCUT2D eigenvalue weighted by molar-refractivity contribution is 5.94. The number of amides is 1. The van der Waals surface area contributed by atoms with Gasteiger partial charge in [-0.1, -0.05) is 0 Å². The number of fused-ring (bicyclic) bond motifs is 1. The third-order valence-electron chi connectivity index (χ3n) is 2.61. The van der Waals surface area contributed by atoms with E-state index >= 15 is 0 Å². The summed E-state index contributed by atoms with van der Waals surface area (Å²) in [6.07, 6.45) is -1.17. The minimum absolute atomic E-state index is 0.0159. The molecule has 1 amide bonds. The minimum atomic E-state index is -5.08. The Bertz CT molecular complexity index is 458. The third-order valence-corrected chi connectivity index (χ3v) is 2.61. The summed E-state index contributed by atoms with van der Waals surface area (Å²) < 4.78 is 31.7. The van der Waals surface area contributed by atoms with Gasteiger partial charge < -0.3 is 15.3 Å². The Kier molecular flexibility index (Phi) is 5.14. The van der Waals surface area contributed by atoms with Crippen molar-refractivity contribution in [2.24, 2.45) is 0 Å². The summed E-state index contributed by atoms with van der Waals surface area (Å²) in [5, 5.41) is 13.0. The molecule has 0 atom stereocenters. The molecule has 0 bridgehead atoms. The number of carboxylic acid groups (broad SMARTS) is 1. The van der Waals surface area contributed by atoms with Crippen LogP contribution in [0, 0.1) is 0 Å². The smallest absolute Gasteiger partial charge is 0.475 e. The molecule has 20 heavy (non-hydrogen) atoms. The predicted molar refractivity (Wildman–Crippen MR) is 63.5 cm³/mol. The zero-order valence-corrected chi connectivity index (χ0v) is 10.6. The summed E-state index contributed by atoms with van der Waals surface area (Å²) in [5.41, 5.74) is 2.10. The number of aliphatic carboxylic acids is 1. The van der Waals surface area contributed by atoms with Crippen LogP contribution in [0.5, 0.6) is 0 Å². The molecule has 1 fully saturated rings. The van der Waals surface area contributed by atoms with Gasteiger partial charge in [-0.05, 0) is 12.2 Å². The molecule has 0 spiro atoms. The molecule has 0 aromatic rings. The van der Waals surface area contributed by atoms with Crippen LogP contribution in [0.3, 0.4) is 0 Å². The van der Waals surface area contributed by atoms with Gasteiger partial charge >= 0.3 is 12.1 Å². The molecule has 0 aromatic carbocycles. The summed E-state index contributed by atoms with van der Waals surface area (Å²) in [6, 6.07) is 0. The normalized spacial score (nSPS) is 17.3. The lowest BCUT2D eigenvalue weighted by Gasteiger charge is -2.23. The van der Waals surface area contributed by atoms with Crippen molar-refractivity contribution in [2.75, 3.05) is 26.8 Å². The van der Waals surface area contributed by atoms with E-state index in [9.17, 15) is 18.0 Å². The van der Waals surface area contributed by atoms with E-state index in [0.29, 0.717) is 0 Å². The van der Waals surface area contributed by atoms with E-state index in [2.05, 4.69) is 15.5 Å². The van der Waals surface area contributed by atoms with Gasteiger partial charge in [0.25, 0.3) is 0 Å². The van der Waals surface area contributed by atoms with Crippen LogP contribution in [-0.2, 0) is 9.59 Å². The van der Waals surface area contributed by atoms with Crippen molar-refractivity contribution in [3.05, 3.63) is 23.4 Å². The van der Waals surface area contributed by atoms with Gasteiger partial charge in [-0.2, -0.15) is 13.2 Å². The largest absolute Gasteiger partial charge is 0.490 e. The molecular weight excluding hydrogens is 279 g/mol. The summed E-state index contributed by atoms with van der Waals surface area (Å²) in [7, 11) is 1.66. The molecule has 0 unspecified atom stereocenters. The van der Waals surface area contributed by atoms with Crippen LogP contribution in [-0.4, -0.2) is 54.9 Å². The maximum Gasteiger partial charge on any atom is 0.490 e. The van der Waals surface area contributed by atoms with E-state index in [1.807, 2.05) is 12.2 Å². The molecule has 2 aliphatic rings. The number of carbonyl (C=O) groups is 2. The average Bonchev–Trinajstić information content (AvgIpc) is 2.84. The summed E-state index contributed by atoms with van der Waals surface area (Å²) >= 11 is 0. The Morgan fingerprint density at radius 1 is 1.40 bits per heavy atom. The fraction of sp³-hybridized carbons (Fsp3) is 0.455. The van der Waals surface area contributed by atoms with Crippen LogP contribution in [0.4, 0.5) is 13.2 Å². The minimum Gasteiger partial charge on any atom is -0.475 e. The van der Waals surface area contributed by atoms with Crippen LogP contribution in [0.15, 0.2) is 23.4 Å². The number of alkyl halides is 3. The fourth-order valence-corrected chi connectivity index (χ4v) is 1.62. The Balaban J connectivity index is 0.000000246. The van der Waals surface area contributed by atoms with Crippen molar-refractivity contribution >= 4 is 11.9 Å². The highest BCUT2D eigenvalue weighted by atomic mass is 19.4. The maximum atomic E-state index is 11.3. The highest BCUT2D eigenvalue weighted by Crippen LogP contribution is 2.16. The second kappa shape index (κ2) is 6.42. The average molecular weight is 293 g/mol. The zero-order chi connectivity index (χ0) is 15.3. The van der Waals surface area contributed by atoms with Crippen molar-refractivity contribution in [3.8, 4) is 0 Å². The standard InChI is InChI=1S/C9H13N3O.C2HF3O2/c1-10-9(13)7-2-3-8-4-11-6-12(8)5-7;3-2(4,5)1(6)7/h2-3,11H,4-6H2,1H3,(H,10,13);(H,6,7). The highest BCUT2D eigenvalue weighted by Gasteiger charge is 2.38. The Morgan fingerprint density at radius 2 is 2.00 bits per heavy atom. The van der Waals surface area contributed by atoms with Gasteiger partial charge in [-0.25, -0.2) is 4.79 Å². The first-order chi connectivity index (χ1) is 9.25. The number of likely N-dealkylation sites (N-methyl/N-ethyl adjacent to an activating group) is 1. The number of nitrogens with one attached hydrogen (secondary N) is 2. The van der Waals surface area contributed by atoms with Gasteiger partial charge in [-0.3, -0.25) is 10.1 Å². The van der Waals surface area contributed by atoms with Crippen molar-refractivity contribution in [1.29, 1.82) is 0 Å². The molecule has 2 heterocycles. The number of allylic oxidation sites excluding steroid dienone is 2. The van der Waals surface area contributed by atoms with E-state index in [1.54, 1.807) is 7.05 Å². The van der Waals surface area contributed by atoms with Crippen molar-refractivity contribution in [3.63, 3.8) is 0 Å². The maximum absolute atomic E-state index is 11.3. The lowest BCUT2D eigenvalue weighted by atomic mass is 10.1. The van der Waals surface area contributed by atoms with Crippen LogP contribution >= 0.6 is 0 Å². The molecule has 3 N–H and O–H groups in total. The first kappa shape index (κ1) is 16.0. The fourth-order valence-electron chi connectivity index (χ4n) is 1.62. The molecule has 2 rings (SSSR count). The topological polar surface area (TPSA) is 81.7 Å². The number of carbonyl (C=O) groups excluding carboxylic acids is 1. The molecule has 0 aromatic heterocycles. The van der Waals surface area contributed by atoms with Crippen LogP contribution < -0.4 is 10.6 Å². The number of hydrogen-bond acceptors (Lipinski definition) is 4. The molecular formula is C11H14F3N3O3. The number of hydrogen-bond donors (Lipinski definition) is 3. The summed E-state index contributed by atoms with van der Waals surface area (Å²) in [4.78, 5) is 22.4. The first-order valence-electron chi connectivity index (χ1n) is 5.63. The van der Waals surface area contributed by atoms with E-state index in [1.165, 1.54) is 5.70 Å². The number of carboxylic acids is 1. The monoisotopic (exact) mass is 293 g/mol. The number of halogens is 3. The summed E-state index contributed by atoms with van der Waals surface area (Å²) in [5.74, 6) is -2.74. The van der Waals surface area contributed by atoms with Crippen molar-refractivity contribution in [1.82, 2.24) is 15.5 Å². The van der Waals surface area contributed by atoms with Gasteiger partial charge in [0.2, 0.25) is 5.91 Å². The second-order valence-electron chi connectivity index (χ2n) is 4.01. The molecule has 1 saturated heterocycles. The molecule has 9 heteroatoms. The molecule has 0 aliphatic carbocycles. The van der Waals surface area contributed by atoms with Gasteiger partial charge in [0, 0.05) is 31.4 Å². The quantitative estimate of drug-likeness (QED) is 0.636. The second-order valence-corrected chi connectivity index (χ2v) is 4.01. The van der Waals surface area contributed by atoms with E-state index in [0.717, 1.165) is 25.3 Å². The molecule has 0 radical (unpaired) electrons. The lowest BCUT2D eigenvalue weighted by Crippen LogP contribution is -2.32. The molecule has 112 valence electrons.